The minimum Gasteiger partial charge on any atom is -0.368 e. The molecule has 1 atom stereocenters. The lowest BCUT2D eigenvalue weighted by Gasteiger charge is -2.15. The minimum absolute atomic E-state index is 0.180. The number of carbonyl (C=O) groups is 1. The monoisotopic (exact) mass is 441 g/mol. The zero-order valence-corrected chi connectivity index (χ0v) is 18.0. The molecule has 0 aliphatic carbocycles. The Bertz CT molecular complexity index is 1520. The van der Waals surface area contributed by atoms with Gasteiger partial charge in [0.25, 0.3) is 5.56 Å². The fraction of sp³-hybridized carbons (Fsp3) is 0.0833. The molecule has 0 radical (unpaired) electrons. The van der Waals surface area contributed by atoms with Gasteiger partial charge in [0, 0.05) is 0 Å². The molecule has 32 heavy (non-hydrogen) atoms. The summed E-state index contributed by atoms with van der Waals surface area (Å²) in [6, 6.07) is 24.2. The van der Waals surface area contributed by atoms with Gasteiger partial charge in [-0.2, -0.15) is 0 Å². The molecular weight excluding hydrogens is 422 g/mol. The molecule has 0 aliphatic heterocycles. The van der Waals surface area contributed by atoms with Crippen LogP contribution in [0.2, 0.25) is 0 Å². The fourth-order valence-corrected chi connectivity index (χ4v) is 4.80. The maximum absolute atomic E-state index is 13.5. The van der Waals surface area contributed by atoms with Crippen molar-refractivity contribution in [3.05, 3.63) is 100 Å². The van der Waals surface area contributed by atoms with E-state index >= 15 is 0 Å². The summed E-state index contributed by atoms with van der Waals surface area (Å²) in [5.74, 6) is -0.101. The Kier molecular flexibility index (Phi) is 4.99. The average Bonchev–Trinajstić information content (AvgIpc) is 3.22. The molecule has 7 nitrogen and oxygen atoms in total. The van der Waals surface area contributed by atoms with E-state index < -0.39 is 11.2 Å². The van der Waals surface area contributed by atoms with Crippen LogP contribution in [0.3, 0.4) is 0 Å². The number of aryl methyl sites for hydroxylation is 1. The molecule has 2 heterocycles. The van der Waals surface area contributed by atoms with E-state index in [9.17, 15) is 9.59 Å². The Balaban J connectivity index is 1.79. The normalized spacial score (nSPS) is 12.3. The lowest BCUT2D eigenvalue weighted by Crippen LogP contribution is -2.23. The summed E-state index contributed by atoms with van der Waals surface area (Å²) in [5, 5.41) is 9.07. The van der Waals surface area contributed by atoms with Crippen LogP contribution in [0.15, 0.2) is 88.8 Å². The summed E-state index contributed by atoms with van der Waals surface area (Å²) in [7, 11) is 0. The summed E-state index contributed by atoms with van der Waals surface area (Å²) >= 11 is 1.21. The van der Waals surface area contributed by atoms with E-state index in [1.54, 1.807) is 10.6 Å². The van der Waals surface area contributed by atoms with E-state index in [4.69, 9.17) is 5.73 Å². The van der Waals surface area contributed by atoms with E-state index in [1.165, 1.54) is 11.8 Å². The zero-order valence-electron chi connectivity index (χ0n) is 17.2. The van der Waals surface area contributed by atoms with Crippen molar-refractivity contribution in [2.45, 2.75) is 17.3 Å². The Morgan fingerprint density at radius 2 is 1.62 bits per heavy atom. The first-order valence-electron chi connectivity index (χ1n) is 10.0. The number of hydrogen-bond acceptors (Lipinski definition) is 5. The molecule has 158 valence electrons. The predicted octanol–water partition coefficient (Wildman–Crippen LogP) is 3.66. The van der Waals surface area contributed by atoms with Crippen molar-refractivity contribution in [3.8, 4) is 5.69 Å². The van der Waals surface area contributed by atoms with Gasteiger partial charge in [-0.25, -0.2) is 4.57 Å². The highest BCUT2D eigenvalue weighted by Crippen LogP contribution is 2.35. The molecule has 1 unspecified atom stereocenters. The van der Waals surface area contributed by atoms with Crippen LogP contribution in [-0.2, 0) is 4.79 Å². The number of aromatic nitrogens is 4. The molecule has 5 rings (SSSR count). The van der Waals surface area contributed by atoms with Crippen LogP contribution in [0.1, 0.15) is 16.4 Å². The number of amides is 1. The number of hydrogen-bond donors (Lipinski definition) is 1. The van der Waals surface area contributed by atoms with E-state index in [2.05, 4.69) is 10.2 Å². The number of primary amides is 1. The smallest absolute Gasteiger partial charge is 0.267 e. The average molecular weight is 442 g/mol. The van der Waals surface area contributed by atoms with E-state index in [1.807, 2.05) is 84.1 Å². The maximum atomic E-state index is 13.5. The number of para-hydroxylation sites is 2. The highest BCUT2D eigenvalue weighted by Gasteiger charge is 2.25. The molecule has 3 aromatic carbocycles. The van der Waals surface area contributed by atoms with Gasteiger partial charge in [-0.1, -0.05) is 72.4 Å². The van der Waals surface area contributed by atoms with Gasteiger partial charge in [-0.3, -0.25) is 14.0 Å². The molecule has 1 amide bonds. The molecule has 2 aromatic heterocycles. The van der Waals surface area contributed by atoms with Crippen LogP contribution in [0, 0.1) is 6.92 Å². The standard InChI is InChI=1S/C24H19N5O2S/c1-15-9-5-7-13-18(15)28-22(31)17-12-6-8-14-19(17)29-23(28)26-27-24(29)32-20(21(25)30)16-10-3-2-4-11-16/h2-14,20H,1H3,(H2,25,30). The van der Waals surface area contributed by atoms with Crippen LogP contribution in [-0.4, -0.2) is 25.1 Å². The Labute approximate surface area is 187 Å². The van der Waals surface area contributed by atoms with Crippen molar-refractivity contribution in [3.63, 3.8) is 0 Å². The van der Waals surface area contributed by atoms with Gasteiger partial charge in [0.05, 0.1) is 16.6 Å². The van der Waals surface area contributed by atoms with Gasteiger partial charge < -0.3 is 5.73 Å². The van der Waals surface area contributed by atoms with Gasteiger partial charge in [-0.05, 0) is 36.2 Å². The number of carbonyl (C=O) groups excluding carboxylic acids is 1. The van der Waals surface area contributed by atoms with Crippen LogP contribution >= 0.6 is 11.8 Å². The van der Waals surface area contributed by atoms with Gasteiger partial charge >= 0.3 is 0 Å². The number of fused-ring (bicyclic) bond motifs is 3. The third-order valence-electron chi connectivity index (χ3n) is 5.34. The predicted molar refractivity (Wildman–Crippen MR) is 125 cm³/mol. The quantitative estimate of drug-likeness (QED) is 0.420. The third-order valence-corrected chi connectivity index (χ3v) is 6.55. The number of nitrogens with zero attached hydrogens (tertiary/aromatic N) is 4. The van der Waals surface area contributed by atoms with Crippen molar-refractivity contribution in [1.29, 1.82) is 0 Å². The summed E-state index contributed by atoms with van der Waals surface area (Å²) in [6.07, 6.45) is 0. The van der Waals surface area contributed by atoms with Crippen molar-refractivity contribution in [2.75, 3.05) is 0 Å². The second-order valence-electron chi connectivity index (χ2n) is 7.37. The van der Waals surface area contributed by atoms with Gasteiger partial charge in [0.1, 0.15) is 5.25 Å². The lowest BCUT2D eigenvalue weighted by atomic mass is 10.1. The summed E-state index contributed by atoms with van der Waals surface area (Å²) < 4.78 is 3.38. The maximum Gasteiger partial charge on any atom is 0.267 e. The topological polar surface area (TPSA) is 95.3 Å². The van der Waals surface area contributed by atoms with E-state index in [0.717, 1.165) is 16.8 Å². The molecule has 0 fully saturated rings. The van der Waals surface area contributed by atoms with Gasteiger partial charge in [0.15, 0.2) is 5.16 Å². The molecule has 8 heteroatoms. The first-order chi connectivity index (χ1) is 15.6. The molecule has 0 spiro atoms. The molecule has 0 aliphatic rings. The Morgan fingerprint density at radius 3 is 2.38 bits per heavy atom. The Hall–Kier alpha value is -3.91. The summed E-state index contributed by atoms with van der Waals surface area (Å²) in [6.45, 7) is 1.94. The van der Waals surface area contributed by atoms with Crippen LogP contribution in [0.5, 0.6) is 0 Å². The third kappa shape index (κ3) is 3.25. The number of nitrogens with two attached hydrogens (primary N) is 1. The van der Waals surface area contributed by atoms with Crippen molar-refractivity contribution in [2.24, 2.45) is 5.73 Å². The van der Waals surface area contributed by atoms with Crippen LogP contribution < -0.4 is 11.3 Å². The summed E-state index contributed by atoms with van der Waals surface area (Å²) in [5.41, 5.74) is 8.66. The highest BCUT2D eigenvalue weighted by molar-refractivity contribution is 8.00. The Morgan fingerprint density at radius 1 is 0.938 bits per heavy atom. The van der Waals surface area contributed by atoms with Gasteiger partial charge in [-0.15, -0.1) is 10.2 Å². The first-order valence-corrected chi connectivity index (χ1v) is 10.9. The lowest BCUT2D eigenvalue weighted by molar-refractivity contribution is -0.117. The van der Waals surface area contributed by atoms with E-state index in [-0.39, 0.29) is 5.56 Å². The molecular formula is C24H19N5O2S. The molecule has 0 bridgehead atoms. The number of rotatable bonds is 5. The molecule has 5 aromatic rings. The van der Waals surface area contributed by atoms with Crippen molar-refractivity contribution in [1.82, 2.24) is 19.2 Å². The molecule has 0 saturated carbocycles. The van der Waals surface area contributed by atoms with Crippen molar-refractivity contribution >= 4 is 34.3 Å². The van der Waals surface area contributed by atoms with E-state index in [0.29, 0.717) is 21.8 Å². The number of thioether (sulfide) groups is 1. The first kappa shape index (κ1) is 20.0. The second kappa shape index (κ2) is 7.97. The van der Waals surface area contributed by atoms with Gasteiger partial charge in [0.2, 0.25) is 11.7 Å². The SMILES string of the molecule is Cc1ccccc1-n1c(=O)c2ccccc2n2c(SC(C(N)=O)c3ccccc3)nnc12. The zero-order chi connectivity index (χ0) is 22.2. The minimum atomic E-state index is -0.652. The molecule has 0 saturated heterocycles. The largest absolute Gasteiger partial charge is 0.368 e. The van der Waals surface area contributed by atoms with Crippen molar-refractivity contribution < 1.29 is 4.79 Å². The number of benzene rings is 3. The second-order valence-corrected chi connectivity index (χ2v) is 8.45. The highest BCUT2D eigenvalue weighted by atomic mass is 32.2. The fourth-order valence-electron chi connectivity index (χ4n) is 3.81. The van der Waals surface area contributed by atoms with Crippen LogP contribution in [0.4, 0.5) is 0 Å². The summed E-state index contributed by atoms with van der Waals surface area (Å²) in [4.78, 5) is 25.8. The molecule has 2 N–H and O–H groups in total. The van der Waals surface area contributed by atoms with Crippen LogP contribution in [0.25, 0.3) is 22.4 Å².